The summed E-state index contributed by atoms with van der Waals surface area (Å²) in [6.07, 6.45) is 0. The van der Waals surface area contributed by atoms with Crippen molar-refractivity contribution in [2.24, 2.45) is 9.98 Å². The summed E-state index contributed by atoms with van der Waals surface area (Å²) in [4.78, 5) is 32.9. The number of carbonyl (C=O) groups is 2. The van der Waals surface area contributed by atoms with Gasteiger partial charge >= 0.3 is 12.0 Å². The van der Waals surface area contributed by atoms with Crippen LogP contribution in [0.2, 0.25) is 0 Å². The first-order chi connectivity index (χ1) is 11.8. The molecule has 0 atom stereocenters. The van der Waals surface area contributed by atoms with Crippen LogP contribution in [-0.4, -0.2) is 65.2 Å². The molecule has 25 heavy (non-hydrogen) atoms. The van der Waals surface area contributed by atoms with Crippen LogP contribution in [0.5, 0.6) is 0 Å². The molecule has 0 spiro atoms. The molecular weight excluding hydrogens is 374 g/mol. The van der Waals surface area contributed by atoms with E-state index < -0.39 is 22.0 Å². The Morgan fingerprint density at radius 1 is 1.36 bits per heavy atom. The molecule has 0 aliphatic carbocycles. The van der Waals surface area contributed by atoms with Gasteiger partial charge in [0.2, 0.25) is 5.96 Å². The van der Waals surface area contributed by atoms with Crippen LogP contribution < -0.4 is 10.0 Å². The summed E-state index contributed by atoms with van der Waals surface area (Å²) in [5, 5.41) is 3.60. The highest BCUT2D eigenvalue weighted by Gasteiger charge is 2.27. The zero-order valence-electron chi connectivity index (χ0n) is 13.5. The molecule has 11 nitrogen and oxygen atoms in total. The lowest BCUT2D eigenvalue weighted by atomic mass is 10.3. The number of aliphatic imine (C=N–C) groups is 2. The summed E-state index contributed by atoms with van der Waals surface area (Å²) in [5.41, 5.74) is -0.163. The average Bonchev–Trinajstić information content (AvgIpc) is 3.06. The molecule has 1 aromatic rings. The van der Waals surface area contributed by atoms with Gasteiger partial charge in [-0.3, -0.25) is 5.32 Å². The van der Waals surface area contributed by atoms with Crippen molar-refractivity contribution >= 4 is 45.3 Å². The number of rotatable bonds is 3. The van der Waals surface area contributed by atoms with Crippen LogP contribution in [0.15, 0.2) is 25.6 Å². The molecule has 0 fully saturated rings. The Bertz CT molecular complexity index is 844. The van der Waals surface area contributed by atoms with Gasteiger partial charge in [0.1, 0.15) is 6.67 Å². The number of nitrogens with one attached hydrogen (secondary N) is 2. The van der Waals surface area contributed by atoms with Crippen LogP contribution in [0.3, 0.4) is 0 Å². The van der Waals surface area contributed by atoms with Crippen LogP contribution in [0.25, 0.3) is 0 Å². The second-order valence-electron chi connectivity index (χ2n) is 4.59. The zero-order chi connectivity index (χ0) is 18.6. The molecule has 2 rings (SSSR count). The Labute approximate surface area is 147 Å². The summed E-state index contributed by atoms with van der Waals surface area (Å²) >= 11 is 0.777. The predicted octanol–water partition coefficient (Wildman–Crippen LogP) is -0.216. The van der Waals surface area contributed by atoms with Gasteiger partial charge in [0, 0.05) is 7.05 Å². The van der Waals surface area contributed by atoms with Gasteiger partial charge in [-0.15, -0.1) is 11.3 Å². The number of amides is 2. The van der Waals surface area contributed by atoms with Gasteiger partial charge in [-0.2, -0.15) is 4.99 Å². The van der Waals surface area contributed by atoms with Crippen molar-refractivity contribution in [3.63, 3.8) is 0 Å². The molecule has 1 aromatic heterocycles. The van der Waals surface area contributed by atoms with Gasteiger partial charge in [-0.05, 0) is 11.4 Å². The van der Waals surface area contributed by atoms with Gasteiger partial charge in [0.15, 0.2) is 4.21 Å². The molecule has 0 bridgehead atoms. The number of guanidine groups is 1. The molecule has 2 heterocycles. The van der Waals surface area contributed by atoms with E-state index >= 15 is 0 Å². The van der Waals surface area contributed by atoms with E-state index in [-0.39, 0.29) is 28.4 Å². The van der Waals surface area contributed by atoms with Crippen molar-refractivity contribution in [1.82, 2.24) is 14.9 Å². The van der Waals surface area contributed by atoms with Crippen LogP contribution in [0.4, 0.5) is 4.79 Å². The smallest absolute Gasteiger partial charge is 0.340 e. The van der Waals surface area contributed by atoms with Gasteiger partial charge in [-0.25, -0.2) is 27.7 Å². The molecule has 0 saturated carbocycles. The van der Waals surface area contributed by atoms with Crippen LogP contribution in [-0.2, 0) is 19.5 Å². The standard InChI is InChI=1S/C12H15N5O6S2/c1-17-6-13-10(15-12(17)23-3)14-11(19)16-25(20,21)9-7(4-5-24-9)8(18)22-2/h4-5H,6H2,1-3H3,(H2,13,14,16,19). The Hall–Kier alpha value is -2.67. The van der Waals surface area contributed by atoms with Gasteiger partial charge in [0.25, 0.3) is 16.0 Å². The van der Waals surface area contributed by atoms with Gasteiger partial charge in [0.05, 0.1) is 19.8 Å². The number of thiophene rings is 1. The highest BCUT2D eigenvalue weighted by atomic mass is 32.2. The zero-order valence-corrected chi connectivity index (χ0v) is 15.1. The van der Waals surface area contributed by atoms with Crippen molar-refractivity contribution < 1.29 is 27.5 Å². The molecule has 13 heteroatoms. The van der Waals surface area contributed by atoms with Gasteiger partial charge in [-0.1, -0.05) is 0 Å². The molecule has 1 aliphatic rings. The minimum atomic E-state index is -4.27. The summed E-state index contributed by atoms with van der Waals surface area (Å²) < 4.78 is 35.5. The maximum absolute atomic E-state index is 12.3. The molecule has 0 saturated heterocycles. The molecule has 1 aliphatic heterocycles. The maximum atomic E-state index is 12.3. The molecule has 0 radical (unpaired) electrons. The Morgan fingerprint density at radius 3 is 2.72 bits per heavy atom. The third-order valence-corrected chi connectivity index (χ3v) is 5.69. The van der Waals surface area contributed by atoms with Crippen molar-refractivity contribution in [3.8, 4) is 0 Å². The fourth-order valence-corrected chi connectivity index (χ4v) is 4.01. The van der Waals surface area contributed by atoms with E-state index in [4.69, 9.17) is 4.74 Å². The normalized spacial score (nSPS) is 14.3. The molecule has 0 aromatic carbocycles. The van der Waals surface area contributed by atoms with E-state index in [2.05, 4.69) is 20.0 Å². The van der Waals surface area contributed by atoms with Crippen molar-refractivity contribution in [1.29, 1.82) is 0 Å². The predicted molar refractivity (Wildman–Crippen MR) is 89.0 cm³/mol. The van der Waals surface area contributed by atoms with E-state index in [1.807, 2.05) is 0 Å². The van der Waals surface area contributed by atoms with Crippen LogP contribution in [0.1, 0.15) is 10.4 Å². The number of hydrogen-bond donors (Lipinski definition) is 2. The first kappa shape index (κ1) is 18.7. The van der Waals surface area contributed by atoms with E-state index in [0.717, 1.165) is 18.4 Å². The highest BCUT2D eigenvalue weighted by molar-refractivity contribution is 7.92. The average molecular weight is 389 g/mol. The SMILES string of the molecule is COC(=O)c1ccsc1S(=O)(=O)NC(=O)NC1=NCN(C)C(OC)=N1. The van der Waals surface area contributed by atoms with E-state index in [0.29, 0.717) is 0 Å². The van der Waals surface area contributed by atoms with Crippen molar-refractivity contribution in [2.75, 3.05) is 27.9 Å². The summed E-state index contributed by atoms with van der Waals surface area (Å²) in [6, 6.07) is 0.422. The largest absolute Gasteiger partial charge is 0.468 e. The highest BCUT2D eigenvalue weighted by Crippen LogP contribution is 2.23. The molecule has 2 N–H and O–H groups in total. The molecule has 2 amide bonds. The Kier molecular flexibility index (Phi) is 5.58. The molecular formula is C12H15N5O6S2. The number of sulfonamides is 1. The number of amidine groups is 1. The number of ether oxygens (including phenoxy) is 2. The first-order valence-corrected chi connectivity index (χ1v) is 9.02. The molecule has 0 unspecified atom stereocenters. The summed E-state index contributed by atoms with van der Waals surface area (Å²) in [5.74, 6) is -0.932. The van der Waals surface area contributed by atoms with E-state index in [1.165, 1.54) is 18.6 Å². The number of hydrogen-bond acceptors (Lipinski definition) is 10. The fourth-order valence-electron chi connectivity index (χ4n) is 1.77. The monoisotopic (exact) mass is 389 g/mol. The fraction of sp³-hybridized carbons (Fsp3) is 0.333. The van der Waals surface area contributed by atoms with Crippen molar-refractivity contribution in [2.45, 2.75) is 4.21 Å². The lowest BCUT2D eigenvalue weighted by Crippen LogP contribution is -2.44. The number of nitrogens with zero attached hydrogens (tertiary/aromatic N) is 3. The van der Waals surface area contributed by atoms with E-state index in [1.54, 1.807) is 16.7 Å². The van der Waals surface area contributed by atoms with Crippen LogP contribution >= 0.6 is 11.3 Å². The molecule has 136 valence electrons. The quantitative estimate of drug-likeness (QED) is 0.682. The third-order valence-electron chi connectivity index (χ3n) is 2.87. The number of esters is 1. The summed E-state index contributed by atoms with van der Waals surface area (Å²) in [6.45, 7) is 0.173. The second-order valence-corrected chi connectivity index (χ2v) is 7.39. The summed E-state index contributed by atoms with van der Waals surface area (Å²) in [7, 11) is -0.0713. The minimum Gasteiger partial charge on any atom is -0.468 e. The lowest BCUT2D eigenvalue weighted by molar-refractivity contribution is 0.0597. The third kappa shape index (κ3) is 4.24. The van der Waals surface area contributed by atoms with Crippen LogP contribution in [0, 0.1) is 0 Å². The number of methoxy groups -OCH3 is 2. The van der Waals surface area contributed by atoms with E-state index in [9.17, 15) is 18.0 Å². The lowest BCUT2D eigenvalue weighted by Gasteiger charge is -2.21. The minimum absolute atomic E-state index is 0.109. The number of carbonyl (C=O) groups excluding carboxylic acids is 2. The Morgan fingerprint density at radius 2 is 2.08 bits per heavy atom. The van der Waals surface area contributed by atoms with Gasteiger partial charge < -0.3 is 14.4 Å². The van der Waals surface area contributed by atoms with Crippen molar-refractivity contribution in [3.05, 3.63) is 17.0 Å². The first-order valence-electron chi connectivity index (χ1n) is 6.66. The topological polar surface area (TPSA) is 139 Å². The number of urea groups is 1. The maximum Gasteiger partial charge on any atom is 0.340 e. The Balaban J connectivity index is 2.12. The second kappa shape index (κ2) is 7.48.